The van der Waals surface area contributed by atoms with Gasteiger partial charge in [0.1, 0.15) is 11.9 Å². The molecule has 3 N–H and O–H groups in total. The van der Waals surface area contributed by atoms with Crippen LogP contribution in [0.15, 0.2) is 54.7 Å². The lowest BCUT2D eigenvalue weighted by Gasteiger charge is -2.24. The molecule has 0 unspecified atom stereocenters. The van der Waals surface area contributed by atoms with Gasteiger partial charge >= 0.3 is 0 Å². The molecule has 3 aromatic rings. The van der Waals surface area contributed by atoms with Crippen LogP contribution in [0.3, 0.4) is 0 Å². The van der Waals surface area contributed by atoms with Crippen molar-refractivity contribution < 1.29 is 9.47 Å². The van der Waals surface area contributed by atoms with Crippen molar-refractivity contribution in [1.29, 1.82) is 0 Å². The van der Waals surface area contributed by atoms with Gasteiger partial charge in [-0.1, -0.05) is 6.07 Å². The fraction of sp³-hybridized carbons (Fsp3) is 0.304. The lowest BCUT2D eigenvalue weighted by molar-refractivity contribution is 0.0259. The van der Waals surface area contributed by atoms with Crippen molar-refractivity contribution in [3.05, 3.63) is 54.7 Å². The van der Waals surface area contributed by atoms with Crippen molar-refractivity contribution >= 4 is 23.0 Å². The van der Waals surface area contributed by atoms with E-state index in [0.29, 0.717) is 17.4 Å². The molecule has 1 aliphatic heterocycles. The molecule has 0 radical (unpaired) electrons. The molecule has 1 aromatic heterocycles. The molecule has 1 aliphatic rings. The molecule has 156 valence electrons. The van der Waals surface area contributed by atoms with Crippen molar-refractivity contribution in [2.24, 2.45) is 0 Å². The summed E-state index contributed by atoms with van der Waals surface area (Å²) in [6, 6.07) is 15.7. The molecule has 0 aliphatic carbocycles. The molecule has 30 heavy (non-hydrogen) atoms. The van der Waals surface area contributed by atoms with Crippen molar-refractivity contribution in [2.45, 2.75) is 18.9 Å². The number of ether oxygens (including phenoxy) is 2. The molecular formula is C23H27N5O2. The third kappa shape index (κ3) is 4.80. The Labute approximate surface area is 176 Å². The first-order valence-electron chi connectivity index (χ1n) is 10.1. The molecule has 1 fully saturated rings. The molecule has 0 amide bonds. The van der Waals surface area contributed by atoms with E-state index in [9.17, 15) is 0 Å². The van der Waals surface area contributed by atoms with Crippen molar-refractivity contribution in [3.63, 3.8) is 0 Å². The number of anilines is 4. The van der Waals surface area contributed by atoms with Crippen LogP contribution >= 0.6 is 0 Å². The van der Waals surface area contributed by atoms with Gasteiger partial charge in [-0.2, -0.15) is 0 Å². The first kappa shape index (κ1) is 20.0. The zero-order chi connectivity index (χ0) is 20.9. The predicted molar refractivity (Wildman–Crippen MR) is 120 cm³/mol. The summed E-state index contributed by atoms with van der Waals surface area (Å²) in [5.41, 5.74) is 10.6. The molecule has 7 heteroatoms. The van der Waals surface area contributed by atoms with E-state index in [2.05, 4.69) is 32.3 Å². The number of nitrogens with one attached hydrogen (secondary N) is 1. The largest absolute Gasteiger partial charge is 0.488 e. The number of benzene rings is 2. The quantitative estimate of drug-likeness (QED) is 0.597. The minimum Gasteiger partial charge on any atom is -0.488 e. The maximum absolute atomic E-state index is 6.26. The van der Waals surface area contributed by atoms with Crippen LogP contribution in [0.2, 0.25) is 0 Å². The summed E-state index contributed by atoms with van der Waals surface area (Å²) in [5, 5.41) is 3.27. The first-order valence-corrected chi connectivity index (χ1v) is 10.1. The van der Waals surface area contributed by atoms with Gasteiger partial charge in [0.25, 0.3) is 0 Å². The van der Waals surface area contributed by atoms with E-state index in [1.165, 1.54) is 0 Å². The Kier molecular flexibility index (Phi) is 5.99. The van der Waals surface area contributed by atoms with Gasteiger partial charge in [-0.25, -0.2) is 9.97 Å². The second-order valence-corrected chi connectivity index (χ2v) is 7.52. The van der Waals surface area contributed by atoms with Crippen LogP contribution in [0.1, 0.15) is 12.8 Å². The smallest absolute Gasteiger partial charge is 0.227 e. The van der Waals surface area contributed by atoms with Crippen molar-refractivity contribution in [3.8, 4) is 17.0 Å². The molecule has 2 heterocycles. The van der Waals surface area contributed by atoms with Gasteiger partial charge in [0, 0.05) is 50.1 Å². The number of aromatic nitrogens is 2. The van der Waals surface area contributed by atoms with Gasteiger partial charge in [-0.3, -0.25) is 0 Å². The van der Waals surface area contributed by atoms with Crippen molar-refractivity contribution in [2.75, 3.05) is 43.3 Å². The lowest BCUT2D eigenvalue weighted by atomic mass is 10.1. The van der Waals surface area contributed by atoms with E-state index in [-0.39, 0.29) is 6.10 Å². The predicted octanol–water partition coefficient (Wildman–Crippen LogP) is 4.09. The summed E-state index contributed by atoms with van der Waals surface area (Å²) >= 11 is 0. The summed E-state index contributed by atoms with van der Waals surface area (Å²) in [6.45, 7) is 1.47. The van der Waals surface area contributed by atoms with Gasteiger partial charge in [0.2, 0.25) is 5.95 Å². The molecule has 0 atom stereocenters. The van der Waals surface area contributed by atoms with Crippen LogP contribution in [0.4, 0.5) is 23.0 Å². The van der Waals surface area contributed by atoms with E-state index in [1.54, 1.807) is 6.20 Å². The second kappa shape index (κ2) is 9.00. The van der Waals surface area contributed by atoms with Gasteiger partial charge in [0.05, 0.1) is 24.6 Å². The van der Waals surface area contributed by atoms with E-state index in [1.807, 2.05) is 50.5 Å². The summed E-state index contributed by atoms with van der Waals surface area (Å²) in [4.78, 5) is 11.0. The molecule has 2 aromatic carbocycles. The Balaban J connectivity index is 1.50. The molecule has 0 bridgehead atoms. The SMILES string of the molecule is CN(C)c1cccc(Nc2nccc(-c3ccc(OC4CCOCC4)c(N)c3)n2)c1. The summed E-state index contributed by atoms with van der Waals surface area (Å²) in [5.74, 6) is 1.24. The fourth-order valence-corrected chi connectivity index (χ4v) is 3.36. The second-order valence-electron chi connectivity index (χ2n) is 7.52. The van der Waals surface area contributed by atoms with E-state index < -0.39 is 0 Å². The number of hydrogen-bond acceptors (Lipinski definition) is 7. The minimum atomic E-state index is 0.152. The van der Waals surface area contributed by atoms with Crippen LogP contribution in [-0.2, 0) is 4.74 Å². The van der Waals surface area contributed by atoms with Crippen molar-refractivity contribution in [1.82, 2.24) is 9.97 Å². The Morgan fingerprint density at radius 1 is 1.10 bits per heavy atom. The number of nitrogens with zero attached hydrogens (tertiary/aromatic N) is 3. The Morgan fingerprint density at radius 3 is 2.70 bits per heavy atom. The zero-order valence-corrected chi connectivity index (χ0v) is 17.3. The third-order valence-corrected chi connectivity index (χ3v) is 5.04. The Bertz CT molecular complexity index is 1000. The van der Waals surface area contributed by atoms with Crippen LogP contribution in [-0.4, -0.2) is 43.4 Å². The van der Waals surface area contributed by atoms with Gasteiger partial charge < -0.3 is 25.4 Å². The average molecular weight is 406 g/mol. The molecule has 1 saturated heterocycles. The highest BCUT2D eigenvalue weighted by atomic mass is 16.5. The molecular weight excluding hydrogens is 378 g/mol. The maximum atomic E-state index is 6.26. The standard InChI is InChI=1S/C23H27N5O2/c1-28(2)18-5-3-4-17(15-18)26-23-25-11-8-21(27-23)16-6-7-22(20(24)14-16)30-19-9-12-29-13-10-19/h3-8,11,14-15,19H,9-10,12-13,24H2,1-2H3,(H,25,26,27). The summed E-state index contributed by atoms with van der Waals surface area (Å²) in [6.07, 6.45) is 3.66. The third-order valence-electron chi connectivity index (χ3n) is 5.04. The molecule has 0 spiro atoms. The van der Waals surface area contributed by atoms with Gasteiger partial charge in [-0.05, 0) is 42.5 Å². The molecule has 0 saturated carbocycles. The molecule has 7 nitrogen and oxygen atoms in total. The van der Waals surface area contributed by atoms with E-state index in [4.69, 9.17) is 15.2 Å². The number of rotatable bonds is 6. The Morgan fingerprint density at radius 2 is 1.93 bits per heavy atom. The number of nitrogens with two attached hydrogens (primary N) is 1. The van der Waals surface area contributed by atoms with Crippen LogP contribution in [0.25, 0.3) is 11.3 Å². The first-order chi connectivity index (χ1) is 14.6. The highest BCUT2D eigenvalue weighted by molar-refractivity contribution is 5.69. The minimum absolute atomic E-state index is 0.152. The lowest BCUT2D eigenvalue weighted by Crippen LogP contribution is -2.26. The van der Waals surface area contributed by atoms with E-state index in [0.717, 1.165) is 48.7 Å². The number of nitrogen functional groups attached to an aromatic ring is 1. The average Bonchev–Trinajstić information content (AvgIpc) is 2.76. The maximum Gasteiger partial charge on any atom is 0.227 e. The topological polar surface area (TPSA) is 85.5 Å². The number of hydrogen-bond donors (Lipinski definition) is 2. The summed E-state index contributed by atoms with van der Waals surface area (Å²) in [7, 11) is 4.02. The monoisotopic (exact) mass is 405 g/mol. The highest BCUT2D eigenvalue weighted by Crippen LogP contribution is 2.30. The van der Waals surface area contributed by atoms with Crippen LogP contribution in [0.5, 0.6) is 5.75 Å². The fourth-order valence-electron chi connectivity index (χ4n) is 3.36. The van der Waals surface area contributed by atoms with Gasteiger partial charge in [0.15, 0.2) is 0 Å². The van der Waals surface area contributed by atoms with E-state index >= 15 is 0 Å². The summed E-state index contributed by atoms with van der Waals surface area (Å²) < 4.78 is 11.4. The Hall–Kier alpha value is -3.32. The zero-order valence-electron chi connectivity index (χ0n) is 17.3. The highest BCUT2D eigenvalue weighted by Gasteiger charge is 2.17. The van der Waals surface area contributed by atoms with Crippen LogP contribution < -0.4 is 20.7 Å². The normalized spacial score (nSPS) is 14.3. The van der Waals surface area contributed by atoms with Gasteiger partial charge in [-0.15, -0.1) is 0 Å². The van der Waals surface area contributed by atoms with Crippen LogP contribution in [0, 0.1) is 0 Å². The molecule has 4 rings (SSSR count).